The van der Waals surface area contributed by atoms with Gasteiger partial charge in [-0.1, -0.05) is 34.8 Å². The summed E-state index contributed by atoms with van der Waals surface area (Å²) >= 11 is 18.5. The Kier molecular flexibility index (Phi) is 6.28. The smallest absolute Gasteiger partial charge is 0.269 e. The summed E-state index contributed by atoms with van der Waals surface area (Å²) in [5, 5.41) is 12.0. The first-order valence-corrected chi connectivity index (χ1v) is 10.4. The molecule has 32 heavy (non-hydrogen) atoms. The quantitative estimate of drug-likeness (QED) is 0.306. The van der Waals surface area contributed by atoms with Crippen LogP contribution in [0.1, 0.15) is 5.56 Å². The summed E-state index contributed by atoms with van der Waals surface area (Å²) in [5.74, 6) is -0.0420. The molecule has 0 fully saturated rings. The van der Waals surface area contributed by atoms with Gasteiger partial charge in [0, 0.05) is 27.5 Å². The summed E-state index contributed by atoms with van der Waals surface area (Å²) in [6.07, 6.45) is 0.918. The zero-order valence-corrected chi connectivity index (χ0v) is 18.5. The molecular formula is C23H14Cl3FN4O. The lowest BCUT2D eigenvalue weighted by molar-refractivity contribution is 0.628. The molecule has 4 rings (SSSR count). The van der Waals surface area contributed by atoms with Crippen LogP contribution in [0.4, 0.5) is 15.9 Å². The van der Waals surface area contributed by atoms with Crippen molar-refractivity contribution in [3.05, 3.63) is 104 Å². The first-order valence-electron chi connectivity index (χ1n) is 9.29. The lowest BCUT2D eigenvalue weighted by Crippen LogP contribution is -2.26. The molecule has 160 valence electrons. The van der Waals surface area contributed by atoms with Crippen molar-refractivity contribution in [2.24, 2.45) is 0 Å². The van der Waals surface area contributed by atoms with Crippen LogP contribution in [0.3, 0.4) is 0 Å². The highest BCUT2D eigenvalue weighted by Crippen LogP contribution is 2.32. The van der Waals surface area contributed by atoms with Crippen LogP contribution in [-0.4, -0.2) is 15.8 Å². The number of aromatic nitrogens is 2. The van der Waals surface area contributed by atoms with Gasteiger partial charge in [-0.3, -0.25) is 9.36 Å². The zero-order valence-electron chi connectivity index (χ0n) is 16.2. The van der Waals surface area contributed by atoms with Gasteiger partial charge in [0.15, 0.2) is 5.82 Å². The third-order valence-corrected chi connectivity index (χ3v) is 5.43. The number of hydrogen-bond donors (Lipinski definition) is 2. The van der Waals surface area contributed by atoms with Gasteiger partial charge in [-0.25, -0.2) is 9.37 Å². The van der Waals surface area contributed by atoms with Crippen LogP contribution in [-0.2, 0) is 0 Å². The molecule has 0 unspecified atom stereocenters. The van der Waals surface area contributed by atoms with Crippen LogP contribution >= 0.6 is 34.8 Å². The molecule has 0 saturated heterocycles. The number of anilines is 2. The van der Waals surface area contributed by atoms with E-state index in [1.807, 2.05) is 0 Å². The number of nitrogens with zero attached hydrogens (tertiary/aromatic N) is 2. The number of benzene rings is 3. The summed E-state index contributed by atoms with van der Waals surface area (Å²) < 4.78 is 14.6. The van der Waals surface area contributed by atoms with Crippen LogP contribution < -0.4 is 10.9 Å². The van der Waals surface area contributed by atoms with Crippen molar-refractivity contribution in [2.45, 2.75) is 0 Å². The van der Waals surface area contributed by atoms with E-state index in [-0.39, 0.29) is 17.2 Å². The Morgan fingerprint density at radius 3 is 2.22 bits per heavy atom. The first-order chi connectivity index (χ1) is 15.4. The molecule has 0 radical (unpaired) electrons. The van der Waals surface area contributed by atoms with E-state index in [9.17, 15) is 9.18 Å². The summed E-state index contributed by atoms with van der Waals surface area (Å²) in [6, 6.07) is 17.0. The van der Waals surface area contributed by atoms with Gasteiger partial charge in [0.05, 0.1) is 10.7 Å². The maximum absolute atomic E-state index is 13.5. The maximum atomic E-state index is 13.5. The Balaban J connectivity index is 2.00. The van der Waals surface area contributed by atoms with E-state index >= 15 is 0 Å². The molecule has 0 atom stereocenters. The summed E-state index contributed by atoms with van der Waals surface area (Å²) in [7, 11) is 0. The molecule has 0 amide bonds. The molecule has 0 bridgehead atoms. The van der Waals surface area contributed by atoms with E-state index in [4.69, 9.17) is 40.2 Å². The molecule has 2 N–H and O–H groups in total. The van der Waals surface area contributed by atoms with Crippen molar-refractivity contribution >= 4 is 52.5 Å². The van der Waals surface area contributed by atoms with Gasteiger partial charge >= 0.3 is 0 Å². The molecule has 1 heterocycles. The minimum atomic E-state index is -0.497. The van der Waals surface area contributed by atoms with Crippen molar-refractivity contribution in [3.8, 4) is 17.1 Å². The predicted octanol–water partition coefficient (Wildman–Crippen LogP) is 6.74. The standard InChI is InChI=1S/C23H14Cl3FN4O/c24-13-1-8-17(9-2-13)31-22(18-10-3-14(25)11-20(18)26)30-21(19(12-28)23(31)32)29-16-6-4-15(27)5-7-16/h1-12,28-29H. The summed E-state index contributed by atoms with van der Waals surface area (Å²) in [4.78, 5) is 18.1. The van der Waals surface area contributed by atoms with Crippen LogP contribution in [0.5, 0.6) is 0 Å². The van der Waals surface area contributed by atoms with Crippen LogP contribution in [0, 0.1) is 11.2 Å². The Morgan fingerprint density at radius 1 is 0.938 bits per heavy atom. The lowest BCUT2D eigenvalue weighted by atomic mass is 10.1. The first kappa shape index (κ1) is 22.0. The Hall–Kier alpha value is -3.19. The second-order valence-corrected chi connectivity index (χ2v) is 8.00. The Bertz CT molecular complexity index is 1370. The Morgan fingerprint density at radius 2 is 1.59 bits per heavy atom. The largest absolute Gasteiger partial charge is 0.339 e. The van der Waals surface area contributed by atoms with Crippen molar-refractivity contribution < 1.29 is 4.39 Å². The van der Waals surface area contributed by atoms with E-state index in [1.54, 1.807) is 42.5 Å². The lowest BCUT2D eigenvalue weighted by Gasteiger charge is -2.18. The molecule has 3 aromatic carbocycles. The fourth-order valence-electron chi connectivity index (χ4n) is 3.11. The average molecular weight is 488 g/mol. The Labute approximate surface area is 197 Å². The fourth-order valence-corrected chi connectivity index (χ4v) is 3.73. The van der Waals surface area contributed by atoms with Gasteiger partial charge in [-0.15, -0.1) is 0 Å². The van der Waals surface area contributed by atoms with Crippen molar-refractivity contribution in [1.29, 1.82) is 5.41 Å². The van der Waals surface area contributed by atoms with E-state index < -0.39 is 11.4 Å². The van der Waals surface area contributed by atoms with Crippen molar-refractivity contribution in [1.82, 2.24) is 9.55 Å². The van der Waals surface area contributed by atoms with Gasteiger partial charge in [0.2, 0.25) is 0 Å². The van der Waals surface area contributed by atoms with Crippen LogP contribution in [0.15, 0.2) is 71.5 Å². The zero-order chi connectivity index (χ0) is 22.8. The highest BCUT2D eigenvalue weighted by Gasteiger charge is 2.20. The molecule has 4 aromatic rings. The summed E-state index contributed by atoms with van der Waals surface area (Å²) in [6.45, 7) is 0. The number of nitrogens with one attached hydrogen (secondary N) is 2. The average Bonchev–Trinajstić information content (AvgIpc) is 2.76. The molecule has 0 saturated carbocycles. The van der Waals surface area contributed by atoms with Gasteiger partial charge in [-0.2, -0.15) is 0 Å². The second-order valence-electron chi connectivity index (χ2n) is 6.72. The molecule has 1 aromatic heterocycles. The second kappa shape index (κ2) is 9.12. The minimum Gasteiger partial charge on any atom is -0.339 e. The summed E-state index contributed by atoms with van der Waals surface area (Å²) in [5.41, 5.74) is 0.964. The van der Waals surface area contributed by atoms with E-state index in [2.05, 4.69) is 10.3 Å². The fraction of sp³-hybridized carbons (Fsp3) is 0. The van der Waals surface area contributed by atoms with Gasteiger partial charge < -0.3 is 10.7 Å². The van der Waals surface area contributed by atoms with E-state index in [0.717, 1.165) is 6.21 Å². The SMILES string of the molecule is N=Cc1c(Nc2ccc(F)cc2)nc(-c2ccc(Cl)cc2Cl)n(-c2ccc(Cl)cc2)c1=O. The topological polar surface area (TPSA) is 70.8 Å². The van der Waals surface area contributed by atoms with E-state index in [1.165, 1.54) is 28.8 Å². The maximum Gasteiger partial charge on any atom is 0.269 e. The van der Waals surface area contributed by atoms with Crippen LogP contribution in [0.25, 0.3) is 17.1 Å². The minimum absolute atomic E-state index is 0.0121. The van der Waals surface area contributed by atoms with E-state index in [0.29, 0.717) is 32.0 Å². The number of hydrogen-bond acceptors (Lipinski definition) is 4. The highest BCUT2D eigenvalue weighted by atomic mass is 35.5. The predicted molar refractivity (Wildman–Crippen MR) is 128 cm³/mol. The molecule has 5 nitrogen and oxygen atoms in total. The van der Waals surface area contributed by atoms with Gasteiger partial charge in [-0.05, 0) is 66.7 Å². The number of rotatable bonds is 5. The third kappa shape index (κ3) is 4.39. The molecular weight excluding hydrogens is 474 g/mol. The van der Waals surface area contributed by atoms with Crippen molar-refractivity contribution in [3.63, 3.8) is 0 Å². The molecule has 9 heteroatoms. The molecule has 0 aliphatic carbocycles. The molecule has 0 aliphatic rings. The van der Waals surface area contributed by atoms with Gasteiger partial charge in [0.1, 0.15) is 17.2 Å². The molecule has 0 spiro atoms. The number of halogens is 4. The monoisotopic (exact) mass is 486 g/mol. The normalized spacial score (nSPS) is 10.8. The van der Waals surface area contributed by atoms with Crippen LogP contribution in [0.2, 0.25) is 15.1 Å². The molecule has 0 aliphatic heterocycles. The highest BCUT2D eigenvalue weighted by molar-refractivity contribution is 6.36. The van der Waals surface area contributed by atoms with Crippen molar-refractivity contribution in [2.75, 3.05) is 5.32 Å². The van der Waals surface area contributed by atoms with Gasteiger partial charge in [0.25, 0.3) is 5.56 Å². The third-order valence-electron chi connectivity index (χ3n) is 4.63.